The number of nitrogens with one attached hydrogen (secondary N) is 1. The molecular formula is C25H33N3O. The summed E-state index contributed by atoms with van der Waals surface area (Å²) in [4.78, 5) is 14.7. The van der Waals surface area contributed by atoms with E-state index in [2.05, 4.69) is 62.2 Å². The van der Waals surface area contributed by atoms with E-state index >= 15 is 0 Å². The summed E-state index contributed by atoms with van der Waals surface area (Å²) in [6.07, 6.45) is 4.37. The summed E-state index contributed by atoms with van der Waals surface area (Å²) in [6.45, 7) is 12.4. The van der Waals surface area contributed by atoms with Gasteiger partial charge in [-0.05, 0) is 73.9 Å². The van der Waals surface area contributed by atoms with E-state index in [-0.39, 0.29) is 11.4 Å². The Labute approximate surface area is 175 Å². The molecule has 1 N–H and O–H groups in total. The number of anilines is 1. The van der Waals surface area contributed by atoms with Gasteiger partial charge in [0.05, 0.1) is 12.6 Å². The van der Waals surface area contributed by atoms with Crippen molar-refractivity contribution in [2.75, 3.05) is 11.4 Å². The monoisotopic (exact) mass is 391 g/mol. The highest BCUT2D eigenvalue weighted by Gasteiger charge is 2.36. The van der Waals surface area contributed by atoms with Crippen LogP contribution >= 0.6 is 0 Å². The Morgan fingerprint density at radius 1 is 1.28 bits per heavy atom. The fourth-order valence-electron chi connectivity index (χ4n) is 4.43. The van der Waals surface area contributed by atoms with Crippen molar-refractivity contribution in [3.8, 4) is 0 Å². The fourth-order valence-corrected chi connectivity index (χ4v) is 4.43. The van der Waals surface area contributed by atoms with Crippen LogP contribution in [0.15, 0.2) is 47.6 Å². The molecule has 154 valence electrons. The molecule has 2 aromatic carbocycles. The standard InChI is InChI=1S/C25H33N3O/c1-6-12-28-23-13-18(2)21(15-22(23)19(3)16-25(28,4)5)17-26-27-24(29)14-20-10-8-7-9-11-20/h7-11,13,15,17,19H,6,12,14,16H2,1-5H3,(H,27,29)/b26-17-. The molecular weight excluding hydrogens is 358 g/mol. The molecule has 0 saturated carbocycles. The highest BCUT2D eigenvalue weighted by atomic mass is 16.2. The lowest BCUT2D eigenvalue weighted by molar-refractivity contribution is -0.120. The van der Waals surface area contributed by atoms with E-state index in [1.165, 1.54) is 16.8 Å². The lowest BCUT2D eigenvalue weighted by Gasteiger charge is -2.48. The van der Waals surface area contributed by atoms with E-state index in [1.807, 2.05) is 30.3 Å². The van der Waals surface area contributed by atoms with Crippen molar-refractivity contribution in [3.63, 3.8) is 0 Å². The summed E-state index contributed by atoms with van der Waals surface area (Å²) in [6, 6.07) is 14.3. The van der Waals surface area contributed by atoms with Crippen LogP contribution in [0.2, 0.25) is 0 Å². The van der Waals surface area contributed by atoms with Gasteiger partial charge in [0.1, 0.15) is 0 Å². The van der Waals surface area contributed by atoms with E-state index in [9.17, 15) is 4.79 Å². The molecule has 4 nitrogen and oxygen atoms in total. The van der Waals surface area contributed by atoms with E-state index < -0.39 is 0 Å². The van der Waals surface area contributed by atoms with Crippen LogP contribution in [0.3, 0.4) is 0 Å². The number of carbonyl (C=O) groups excluding carboxylic acids is 1. The Morgan fingerprint density at radius 2 is 2.00 bits per heavy atom. The fraction of sp³-hybridized carbons (Fsp3) is 0.440. The van der Waals surface area contributed by atoms with Crippen molar-refractivity contribution in [3.05, 3.63) is 64.7 Å². The van der Waals surface area contributed by atoms with Gasteiger partial charge in [-0.15, -0.1) is 0 Å². The van der Waals surface area contributed by atoms with Gasteiger partial charge in [0, 0.05) is 17.8 Å². The maximum atomic E-state index is 12.1. The van der Waals surface area contributed by atoms with Gasteiger partial charge in [-0.25, -0.2) is 5.43 Å². The van der Waals surface area contributed by atoms with Crippen molar-refractivity contribution >= 4 is 17.8 Å². The summed E-state index contributed by atoms with van der Waals surface area (Å²) in [5, 5.41) is 4.22. The predicted octanol–water partition coefficient (Wildman–Crippen LogP) is 5.19. The topological polar surface area (TPSA) is 44.7 Å². The van der Waals surface area contributed by atoms with E-state index in [0.717, 1.165) is 30.5 Å². The van der Waals surface area contributed by atoms with E-state index in [1.54, 1.807) is 6.21 Å². The Bertz CT molecular complexity index is 886. The Kier molecular flexibility index (Phi) is 6.41. The van der Waals surface area contributed by atoms with Crippen molar-refractivity contribution in [1.29, 1.82) is 0 Å². The number of fused-ring (bicyclic) bond motifs is 1. The third-order valence-electron chi connectivity index (χ3n) is 5.82. The SMILES string of the molecule is CCCN1c2cc(C)c(/C=N\NC(=O)Cc3ccccc3)cc2C(C)CC1(C)C. The molecule has 1 unspecified atom stereocenters. The van der Waals surface area contributed by atoms with Gasteiger partial charge < -0.3 is 4.90 Å². The third-order valence-corrected chi connectivity index (χ3v) is 5.82. The Hall–Kier alpha value is -2.62. The molecule has 3 rings (SSSR count). The average molecular weight is 392 g/mol. The van der Waals surface area contributed by atoms with Crippen LogP contribution in [0.1, 0.15) is 68.7 Å². The molecule has 1 amide bonds. The molecule has 0 bridgehead atoms. The van der Waals surface area contributed by atoms with Crippen LogP contribution in [0.25, 0.3) is 0 Å². The minimum atomic E-state index is -0.104. The quantitative estimate of drug-likeness (QED) is 0.544. The highest BCUT2D eigenvalue weighted by molar-refractivity contribution is 5.86. The first-order chi connectivity index (χ1) is 13.8. The van der Waals surface area contributed by atoms with Crippen LogP contribution in [0.4, 0.5) is 5.69 Å². The van der Waals surface area contributed by atoms with Crippen LogP contribution in [-0.4, -0.2) is 24.2 Å². The first-order valence-electron chi connectivity index (χ1n) is 10.6. The molecule has 0 aromatic heterocycles. The second kappa shape index (κ2) is 8.81. The van der Waals surface area contributed by atoms with Crippen LogP contribution < -0.4 is 10.3 Å². The van der Waals surface area contributed by atoms with Gasteiger partial charge in [0.25, 0.3) is 0 Å². The lowest BCUT2D eigenvalue weighted by Crippen LogP contribution is -2.48. The first kappa shape index (κ1) is 21.1. The summed E-state index contributed by atoms with van der Waals surface area (Å²) in [5.41, 5.74) is 8.77. The smallest absolute Gasteiger partial charge is 0.244 e. The zero-order valence-electron chi connectivity index (χ0n) is 18.3. The molecule has 4 heteroatoms. The average Bonchev–Trinajstić information content (AvgIpc) is 2.66. The zero-order valence-corrected chi connectivity index (χ0v) is 18.3. The van der Waals surface area contributed by atoms with Gasteiger partial charge in [0.2, 0.25) is 5.91 Å². The molecule has 1 heterocycles. The molecule has 0 fully saturated rings. The van der Waals surface area contributed by atoms with E-state index in [4.69, 9.17) is 0 Å². The molecule has 0 radical (unpaired) electrons. The molecule has 1 atom stereocenters. The van der Waals surface area contributed by atoms with Gasteiger partial charge in [-0.1, -0.05) is 44.2 Å². The highest BCUT2D eigenvalue weighted by Crippen LogP contribution is 2.44. The molecule has 1 aliphatic rings. The molecule has 29 heavy (non-hydrogen) atoms. The summed E-state index contributed by atoms with van der Waals surface area (Å²) in [7, 11) is 0. The van der Waals surface area contributed by atoms with Crippen LogP contribution in [-0.2, 0) is 11.2 Å². The van der Waals surface area contributed by atoms with Crippen molar-refractivity contribution in [2.45, 2.75) is 65.3 Å². The van der Waals surface area contributed by atoms with Gasteiger partial charge in [-0.2, -0.15) is 5.10 Å². The third kappa shape index (κ3) is 4.87. The number of hydrogen-bond donors (Lipinski definition) is 1. The van der Waals surface area contributed by atoms with Gasteiger partial charge in [-0.3, -0.25) is 4.79 Å². The lowest BCUT2D eigenvalue weighted by atomic mass is 9.79. The zero-order chi connectivity index (χ0) is 21.0. The number of hydrazone groups is 1. The number of amides is 1. The maximum absolute atomic E-state index is 12.1. The normalized spacial score (nSPS) is 18.0. The minimum Gasteiger partial charge on any atom is -0.366 e. The van der Waals surface area contributed by atoms with E-state index in [0.29, 0.717) is 12.3 Å². The molecule has 0 aliphatic carbocycles. The first-order valence-corrected chi connectivity index (χ1v) is 10.6. The summed E-state index contributed by atoms with van der Waals surface area (Å²) in [5.74, 6) is 0.390. The largest absolute Gasteiger partial charge is 0.366 e. The molecule has 0 saturated heterocycles. The Balaban J connectivity index is 1.77. The number of benzene rings is 2. The van der Waals surface area contributed by atoms with Crippen molar-refractivity contribution < 1.29 is 4.79 Å². The number of hydrogen-bond acceptors (Lipinski definition) is 3. The predicted molar refractivity (Wildman–Crippen MR) is 122 cm³/mol. The van der Waals surface area contributed by atoms with Crippen molar-refractivity contribution in [2.24, 2.45) is 5.10 Å². The Morgan fingerprint density at radius 3 is 2.69 bits per heavy atom. The van der Waals surface area contributed by atoms with Gasteiger partial charge in [0.15, 0.2) is 0 Å². The van der Waals surface area contributed by atoms with Gasteiger partial charge >= 0.3 is 0 Å². The second-order valence-corrected chi connectivity index (χ2v) is 8.79. The molecule has 1 aliphatic heterocycles. The number of carbonyl (C=O) groups is 1. The molecule has 0 spiro atoms. The maximum Gasteiger partial charge on any atom is 0.244 e. The van der Waals surface area contributed by atoms with Crippen LogP contribution in [0, 0.1) is 6.92 Å². The van der Waals surface area contributed by atoms with Crippen molar-refractivity contribution in [1.82, 2.24) is 5.43 Å². The summed E-state index contributed by atoms with van der Waals surface area (Å²) < 4.78 is 0. The summed E-state index contributed by atoms with van der Waals surface area (Å²) >= 11 is 0. The van der Waals surface area contributed by atoms with Crippen LogP contribution in [0.5, 0.6) is 0 Å². The second-order valence-electron chi connectivity index (χ2n) is 8.79. The minimum absolute atomic E-state index is 0.104. The molecule has 2 aromatic rings. The number of rotatable bonds is 6. The number of aryl methyl sites for hydroxylation is 1. The number of nitrogens with zero attached hydrogens (tertiary/aromatic N) is 2.